The summed E-state index contributed by atoms with van der Waals surface area (Å²) in [5, 5.41) is 2.96. The van der Waals surface area contributed by atoms with Crippen LogP contribution < -0.4 is 5.32 Å². The van der Waals surface area contributed by atoms with Crippen molar-refractivity contribution in [2.45, 2.75) is 62.5 Å². The molecule has 1 atom stereocenters. The first-order valence-corrected chi connectivity index (χ1v) is 11.0. The fourth-order valence-corrected chi connectivity index (χ4v) is 4.24. The summed E-state index contributed by atoms with van der Waals surface area (Å²) in [6.07, 6.45) is 6.42. The minimum atomic E-state index is -3.58. The highest BCUT2D eigenvalue weighted by atomic mass is 35.5. The van der Waals surface area contributed by atoms with Crippen LogP contribution in [-0.4, -0.2) is 38.7 Å². The second-order valence-corrected chi connectivity index (χ2v) is 9.05. The van der Waals surface area contributed by atoms with Crippen molar-refractivity contribution in [3.05, 3.63) is 28.8 Å². The van der Waals surface area contributed by atoms with Crippen molar-refractivity contribution in [2.24, 2.45) is 0 Å². The maximum absolute atomic E-state index is 12.3. The fraction of sp³-hybridized carbons (Fsp3) is 0.556. The van der Waals surface area contributed by atoms with Crippen molar-refractivity contribution in [2.75, 3.05) is 6.26 Å². The fourth-order valence-electron chi connectivity index (χ4n) is 2.94. The predicted molar refractivity (Wildman–Crippen MR) is 99.1 cm³/mol. The molecule has 2 rings (SSSR count). The van der Waals surface area contributed by atoms with Gasteiger partial charge in [-0.25, -0.2) is 13.2 Å². The zero-order chi connectivity index (χ0) is 19.3. The summed E-state index contributed by atoms with van der Waals surface area (Å²) in [6.45, 7) is 1.50. The van der Waals surface area contributed by atoms with Gasteiger partial charge in [-0.1, -0.05) is 37.3 Å². The maximum atomic E-state index is 12.3. The SMILES string of the molecule is CC(OC(=O)c1ccc(Cl)c(S(C)(=O)=O)c1)C(=O)NC1CCCCCC1. The third kappa shape index (κ3) is 5.71. The van der Waals surface area contributed by atoms with Crippen molar-refractivity contribution in [3.8, 4) is 0 Å². The molecule has 1 aromatic carbocycles. The molecule has 1 aromatic rings. The van der Waals surface area contributed by atoms with Gasteiger partial charge < -0.3 is 10.1 Å². The predicted octanol–water partition coefficient (Wildman–Crippen LogP) is 3.13. The van der Waals surface area contributed by atoms with Crippen LogP contribution in [0, 0.1) is 0 Å². The van der Waals surface area contributed by atoms with Gasteiger partial charge in [0, 0.05) is 12.3 Å². The Bertz CT molecular complexity index is 770. The zero-order valence-electron chi connectivity index (χ0n) is 15.0. The molecule has 0 radical (unpaired) electrons. The molecule has 26 heavy (non-hydrogen) atoms. The molecule has 144 valence electrons. The van der Waals surface area contributed by atoms with E-state index in [1.54, 1.807) is 0 Å². The van der Waals surface area contributed by atoms with Crippen LogP contribution in [0.1, 0.15) is 55.8 Å². The number of sulfone groups is 1. The lowest BCUT2D eigenvalue weighted by molar-refractivity contribution is -0.129. The van der Waals surface area contributed by atoms with Gasteiger partial charge in [-0.05, 0) is 38.0 Å². The molecule has 0 aromatic heterocycles. The quantitative estimate of drug-likeness (QED) is 0.604. The van der Waals surface area contributed by atoms with Crippen molar-refractivity contribution in [1.82, 2.24) is 5.32 Å². The van der Waals surface area contributed by atoms with Crippen LogP contribution in [0.2, 0.25) is 5.02 Å². The van der Waals surface area contributed by atoms with E-state index >= 15 is 0 Å². The van der Waals surface area contributed by atoms with Gasteiger partial charge >= 0.3 is 5.97 Å². The number of hydrogen-bond acceptors (Lipinski definition) is 5. The molecule has 0 spiro atoms. The number of amides is 1. The van der Waals surface area contributed by atoms with Gasteiger partial charge in [0.15, 0.2) is 15.9 Å². The van der Waals surface area contributed by atoms with E-state index in [-0.39, 0.29) is 27.4 Å². The van der Waals surface area contributed by atoms with E-state index in [0.29, 0.717) is 0 Å². The molecule has 1 amide bonds. The lowest BCUT2D eigenvalue weighted by atomic mass is 10.1. The van der Waals surface area contributed by atoms with Crippen molar-refractivity contribution in [1.29, 1.82) is 0 Å². The molecule has 1 saturated carbocycles. The Balaban J connectivity index is 2.01. The van der Waals surface area contributed by atoms with Crippen LogP contribution in [0.4, 0.5) is 0 Å². The number of ether oxygens (including phenoxy) is 1. The van der Waals surface area contributed by atoms with Crippen molar-refractivity contribution < 1.29 is 22.7 Å². The van der Waals surface area contributed by atoms with Crippen LogP contribution in [0.25, 0.3) is 0 Å². The van der Waals surface area contributed by atoms with E-state index in [4.69, 9.17) is 16.3 Å². The van der Waals surface area contributed by atoms with E-state index in [0.717, 1.165) is 38.0 Å². The summed E-state index contributed by atoms with van der Waals surface area (Å²) in [7, 11) is -3.58. The first kappa shape index (κ1) is 20.7. The summed E-state index contributed by atoms with van der Waals surface area (Å²) >= 11 is 5.87. The number of carbonyl (C=O) groups excluding carboxylic acids is 2. The smallest absolute Gasteiger partial charge is 0.338 e. The average molecular weight is 402 g/mol. The van der Waals surface area contributed by atoms with Crippen LogP contribution in [-0.2, 0) is 19.4 Å². The number of esters is 1. The van der Waals surface area contributed by atoms with E-state index < -0.39 is 21.9 Å². The molecule has 6 nitrogen and oxygen atoms in total. The van der Waals surface area contributed by atoms with Gasteiger partial charge in [-0.15, -0.1) is 0 Å². The number of carbonyl (C=O) groups is 2. The van der Waals surface area contributed by atoms with Crippen LogP contribution in [0.15, 0.2) is 23.1 Å². The van der Waals surface area contributed by atoms with E-state index in [1.807, 2.05) is 0 Å². The van der Waals surface area contributed by atoms with E-state index in [9.17, 15) is 18.0 Å². The summed E-state index contributed by atoms with van der Waals surface area (Å²) < 4.78 is 28.6. The van der Waals surface area contributed by atoms with Crippen molar-refractivity contribution >= 4 is 33.3 Å². The highest BCUT2D eigenvalue weighted by molar-refractivity contribution is 7.90. The molecule has 1 aliphatic rings. The van der Waals surface area contributed by atoms with Crippen molar-refractivity contribution in [3.63, 3.8) is 0 Å². The summed E-state index contributed by atoms with van der Waals surface area (Å²) in [5.41, 5.74) is 0.0314. The highest BCUT2D eigenvalue weighted by Crippen LogP contribution is 2.23. The number of nitrogens with one attached hydrogen (secondary N) is 1. The minimum absolute atomic E-state index is 0.0307. The lowest BCUT2D eigenvalue weighted by Gasteiger charge is -2.19. The molecule has 0 aliphatic heterocycles. The first-order valence-electron chi connectivity index (χ1n) is 8.69. The van der Waals surface area contributed by atoms with E-state index in [1.165, 1.54) is 31.9 Å². The van der Waals surface area contributed by atoms with Gasteiger partial charge in [-0.3, -0.25) is 4.79 Å². The monoisotopic (exact) mass is 401 g/mol. The number of hydrogen-bond donors (Lipinski definition) is 1. The molecule has 1 N–H and O–H groups in total. The van der Waals surface area contributed by atoms with E-state index in [2.05, 4.69) is 5.32 Å². The molecule has 1 fully saturated rings. The zero-order valence-corrected chi connectivity index (χ0v) is 16.5. The number of benzene rings is 1. The second-order valence-electron chi connectivity index (χ2n) is 6.66. The Hall–Kier alpha value is -1.60. The Labute approximate surface area is 159 Å². The third-order valence-corrected chi connectivity index (χ3v) is 6.00. The Kier molecular flexibility index (Phi) is 7.06. The molecule has 0 bridgehead atoms. The van der Waals surface area contributed by atoms with Gasteiger partial charge in [-0.2, -0.15) is 0 Å². The lowest BCUT2D eigenvalue weighted by Crippen LogP contribution is -2.41. The first-order chi connectivity index (χ1) is 12.2. The van der Waals surface area contributed by atoms with Gasteiger partial charge in [0.1, 0.15) is 0 Å². The largest absolute Gasteiger partial charge is 0.449 e. The molecule has 0 saturated heterocycles. The maximum Gasteiger partial charge on any atom is 0.338 e. The van der Waals surface area contributed by atoms with Crippen LogP contribution >= 0.6 is 11.6 Å². The van der Waals surface area contributed by atoms with Crippen LogP contribution in [0.3, 0.4) is 0 Å². The Morgan fingerprint density at radius 3 is 2.38 bits per heavy atom. The molecule has 1 aliphatic carbocycles. The molecular formula is C18H24ClNO5S. The molecule has 0 heterocycles. The summed E-state index contributed by atoms with van der Waals surface area (Å²) in [6, 6.07) is 3.97. The van der Waals surface area contributed by atoms with Gasteiger partial charge in [0.05, 0.1) is 15.5 Å². The summed E-state index contributed by atoms with van der Waals surface area (Å²) in [4.78, 5) is 24.4. The normalized spacial score (nSPS) is 17.2. The Morgan fingerprint density at radius 2 is 1.81 bits per heavy atom. The standard InChI is InChI=1S/C18H24ClNO5S/c1-12(17(21)20-14-7-5-3-4-6-8-14)25-18(22)13-9-10-15(19)16(11-13)26(2,23)24/h9-12,14H,3-8H2,1-2H3,(H,20,21). The van der Waals surface area contributed by atoms with Gasteiger partial charge in [0.2, 0.25) is 0 Å². The minimum Gasteiger partial charge on any atom is -0.449 e. The molecule has 8 heteroatoms. The number of rotatable bonds is 5. The Morgan fingerprint density at radius 1 is 1.19 bits per heavy atom. The molecule has 1 unspecified atom stereocenters. The topological polar surface area (TPSA) is 89.5 Å². The highest BCUT2D eigenvalue weighted by Gasteiger charge is 2.23. The average Bonchev–Trinajstić information content (AvgIpc) is 2.82. The van der Waals surface area contributed by atoms with Crippen LogP contribution in [0.5, 0.6) is 0 Å². The second kappa shape index (κ2) is 8.86. The third-order valence-electron chi connectivity index (χ3n) is 4.42. The summed E-state index contributed by atoms with van der Waals surface area (Å²) in [5.74, 6) is -1.11. The van der Waals surface area contributed by atoms with Gasteiger partial charge in [0.25, 0.3) is 5.91 Å². The molecular weight excluding hydrogens is 378 g/mol. The number of halogens is 1.